The molecule has 0 aromatic heterocycles. The smallest absolute Gasteiger partial charge is 0.234 e. The van der Waals surface area contributed by atoms with Gasteiger partial charge in [0, 0.05) is 6.54 Å². The van der Waals surface area contributed by atoms with Gasteiger partial charge in [0.2, 0.25) is 5.91 Å². The SMILES string of the molecule is COc1cc2c(cc1OC)C(COCc1ccccc1)N(CC(=O)NC1CCc3ccccc31)CC2. The van der Waals surface area contributed by atoms with Crippen LogP contribution >= 0.6 is 0 Å². The molecule has 5 rings (SSSR count). The summed E-state index contributed by atoms with van der Waals surface area (Å²) in [6.07, 6.45) is 2.80. The van der Waals surface area contributed by atoms with Gasteiger partial charge >= 0.3 is 0 Å². The van der Waals surface area contributed by atoms with E-state index < -0.39 is 0 Å². The number of nitrogens with one attached hydrogen (secondary N) is 1. The van der Waals surface area contributed by atoms with Crippen LogP contribution in [0.5, 0.6) is 11.5 Å². The van der Waals surface area contributed by atoms with E-state index in [9.17, 15) is 4.79 Å². The van der Waals surface area contributed by atoms with E-state index in [1.54, 1.807) is 14.2 Å². The minimum Gasteiger partial charge on any atom is -0.493 e. The van der Waals surface area contributed by atoms with E-state index in [0.717, 1.165) is 42.7 Å². The zero-order valence-corrected chi connectivity index (χ0v) is 21.0. The first kappa shape index (κ1) is 24.3. The van der Waals surface area contributed by atoms with Gasteiger partial charge in [-0.25, -0.2) is 0 Å². The molecule has 2 atom stereocenters. The van der Waals surface area contributed by atoms with Crippen LogP contribution in [0.2, 0.25) is 0 Å². The second kappa shape index (κ2) is 11.1. The number of nitrogens with zero attached hydrogens (tertiary/aromatic N) is 1. The number of aryl methyl sites for hydroxylation is 1. The van der Waals surface area contributed by atoms with Crippen LogP contribution in [-0.4, -0.2) is 44.7 Å². The Hall–Kier alpha value is -3.35. The minimum atomic E-state index is -0.0566. The predicted molar refractivity (Wildman–Crippen MR) is 139 cm³/mol. The number of benzene rings is 3. The maximum absolute atomic E-state index is 13.2. The van der Waals surface area contributed by atoms with Crippen molar-refractivity contribution < 1.29 is 19.0 Å². The van der Waals surface area contributed by atoms with Gasteiger partial charge in [-0.2, -0.15) is 0 Å². The Morgan fingerprint density at radius 3 is 2.47 bits per heavy atom. The minimum absolute atomic E-state index is 0.0497. The predicted octanol–water partition coefficient (Wildman–Crippen LogP) is 4.62. The highest BCUT2D eigenvalue weighted by atomic mass is 16.5. The maximum Gasteiger partial charge on any atom is 0.234 e. The normalized spacial score (nSPS) is 18.8. The summed E-state index contributed by atoms with van der Waals surface area (Å²) in [7, 11) is 3.31. The lowest BCUT2D eigenvalue weighted by molar-refractivity contribution is -0.124. The molecule has 0 saturated carbocycles. The lowest BCUT2D eigenvalue weighted by atomic mass is 9.92. The summed E-state index contributed by atoms with van der Waals surface area (Å²) in [5, 5.41) is 3.28. The number of hydrogen-bond acceptors (Lipinski definition) is 5. The van der Waals surface area contributed by atoms with Crippen LogP contribution in [0.15, 0.2) is 66.7 Å². The fourth-order valence-corrected chi connectivity index (χ4v) is 5.46. The van der Waals surface area contributed by atoms with Gasteiger partial charge in [0.1, 0.15) is 0 Å². The number of rotatable bonds is 9. The third kappa shape index (κ3) is 5.25. The highest BCUT2D eigenvalue weighted by Crippen LogP contribution is 2.38. The molecule has 3 aromatic rings. The summed E-state index contributed by atoms with van der Waals surface area (Å²) in [5.74, 6) is 1.47. The summed E-state index contributed by atoms with van der Waals surface area (Å²) < 4.78 is 17.3. The Morgan fingerprint density at radius 1 is 0.917 bits per heavy atom. The summed E-state index contributed by atoms with van der Waals surface area (Å²) in [6, 6.07) is 22.7. The molecule has 0 fully saturated rings. The first-order chi connectivity index (χ1) is 17.7. The first-order valence-electron chi connectivity index (χ1n) is 12.6. The molecule has 0 bridgehead atoms. The molecule has 6 heteroatoms. The Labute approximate surface area is 213 Å². The van der Waals surface area contributed by atoms with Crippen LogP contribution in [0.25, 0.3) is 0 Å². The second-order valence-corrected chi connectivity index (χ2v) is 9.50. The van der Waals surface area contributed by atoms with Crippen LogP contribution in [0.4, 0.5) is 0 Å². The Kier molecular flexibility index (Phi) is 7.54. The third-order valence-corrected chi connectivity index (χ3v) is 7.32. The van der Waals surface area contributed by atoms with Gasteiger partial charge in [0.05, 0.1) is 46.1 Å². The van der Waals surface area contributed by atoms with Crippen molar-refractivity contribution in [3.63, 3.8) is 0 Å². The molecule has 3 aromatic carbocycles. The van der Waals surface area contributed by atoms with Crippen molar-refractivity contribution in [3.8, 4) is 11.5 Å². The van der Waals surface area contributed by atoms with Gasteiger partial charge in [0.15, 0.2) is 11.5 Å². The van der Waals surface area contributed by atoms with E-state index in [0.29, 0.717) is 25.5 Å². The highest BCUT2D eigenvalue weighted by molar-refractivity contribution is 5.79. The van der Waals surface area contributed by atoms with E-state index in [1.807, 2.05) is 30.3 Å². The Morgan fingerprint density at radius 2 is 1.67 bits per heavy atom. The standard InChI is InChI=1S/C30H34N2O4/c1-34-28-16-23-14-15-32(18-30(33)31-26-13-12-22-10-6-7-11-24(22)26)27(25(23)17-29(28)35-2)20-36-19-21-8-4-3-5-9-21/h3-11,16-17,26-27H,12-15,18-20H2,1-2H3,(H,31,33). The largest absolute Gasteiger partial charge is 0.493 e. The van der Waals surface area contributed by atoms with Gasteiger partial charge in [0.25, 0.3) is 0 Å². The van der Waals surface area contributed by atoms with Gasteiger partial charge in [-0.15, -0.1) is 0 Å². The summed E-state index contributed by atoms with van der Waals surface area (Å²) in [5.41, 5.74) is 6.05. The molecular weight excluding hydrogens is 452 g/mol. The van der Waals surface area contributed by atoms with Crippen molar-refractivity contribution in [2.45, 2.75) is 38.0 Å². The van der Waals surface area contributed by atoms with Crippen LogP contribution in [0.1, 0.15) is 46.3 Å². The van der Waals surface area contributed by atoms with E-state index in [2.05, 4.69) is 46.6 Å². The molecule has 0 spiro atoms. The molecule has 1 heterocycles. The molecule has 36 heavy (non-hydrogen) atoms. The first-order valence-corrected chi connectivity index (χ1v) is 12.6. The zero-order valence-electron chi connectivity index (χ0n) is 21.0. The number of hydrogen-bond donors (Lipinski definition) is 1. The van der Waals surface area contributed by atoms with Gasteiger partial charge < -0.3 is 19.5 Å². The summed E-state index contributed by atoms with van der Waals surface area (Å²) in [6.45, 7) is 2.11. The van der Waals surface area contributed by atoms with E-state index in [-0.39, 0.29) is 18.0 Å². The summed E-state index contributed by atoms with van der Waals surface area (Å²) in [4.78, 5) is 15.4. The molecule has 1 aliphatic heterocycles. The topological polar surface area (TPSA) is 60.0 Å². The molecule has 2 unspecified atom stereocenters. The van der Waals surface area contributed by atoms with Crippen LogP contribution in [-0.2, 0) is 29.0 Å². The van der Waals surface area contributed by atoms with Crippen molar-refractivity contribution >= 4 is 5.91 Å². The zero-order chi connectivity index (χ0) is 24.9. The summed E-state index contributed by atoms with van der Waals surface area (Å²) >= 11 is 0. The second-order valence-electron chi connectivity index (χ2n) is 9.50. The number of amides is 1. The molecule has 1 aliphatic carbocycles. The molecule has 0 saturated heterocycles. The van der Waals surface area contributed by atoms with E-state index in [4.69, 9.17) is 14.2 Å². The van der Waals surface area contributed by atoms with Crippen LogP contribution in [0, 0.1) is 0 Å². The molecular formula is C30H34N2O4. The van der Waals surface area contributed by atoms with E-state index >= 15 is 0 Å². The number of ether oxygens (including phenoxy) is 3. The van der Waals surface area contributed by atoms with Crippen LogP contribution < -0.4 is 14.8 Å². The van der Waals surface area contributed by atoms with Crippen molar-refractivity contribution in [2.24, 2.45) is 0 Å². The van der Waals surface area contributed by atoms with Crippen molar-refractivity contribution in [2.75, 3.05) is 33.9 Å². The monoisotopic (exact) mass is 486 g/mol. The number of fused-ring (bicyclic) bond motifs is 2. The number of carbonyl (C=O) groups is 1. The lowest BCUT2D eigenvalue weighted by Gasteiger charge is -2.37. The van der Waals surface area contributed by atoms with Gasteiger partial charge in [-0.1, -0.05) is 54.6 Å². The average molecular weight is 487 g/mol. The lowest BCUT2D eigenvalue weighted by Crippen LogP contribution is -2.44. The Bertz CT molecular complexity index is 1200. The molecule has 0 radical (unpaired) electrons. The third-order valence-electron chi connectivity index (χ3n) is 7.32. The quantitative estimate of drug-likeness (QED) is 0.478. The van der Waals surface area contributed by atoms with Crippen molar-refractivity contribution in [3.05, 3.63) is 94.5 Å². The van der Waals surface area contributed by atoms with Crippen molar-refractivity contribution in [1.82, 2.24) is 10.2 Å². The molecule has 1 amide bonds. The molecule has 6 nitrogen and oxygen atoms in total. The van der Waals surface area contributed by atoms with E-state index in [1.165, 1.54) is 16.7 Å². The fourth-order valence-electron chi connectivity index (χ4n) is 5.46. The van der Waals surface area contributed by atoms with Crippen molar-refractivity contribution in [1.29, 1.82) is 0 Å². The highest BCUT2D eigenvalue weighted by Gasteiger charge is 2.32. The van der Waals surface area contributed by atoms with Gasteiger partial charge in [-0.05, 0) is 59.2 Å². The van der Waals surface area contributed by atoms with Gasteiger partial charge in [-0.3, -0.25) is 9.69 Å². The number of methoxy groups -OCH3 is 2. The molecule has 2 aliphatic rings. The fraction of sp³-hybridized carbons (Fsp3) is 0.367. The van der Waals surface area contributed by atoms with Crippen LogP contribution in [0.3, 0.4) is 0 Å². The maximum atomic E-state index is 13.2. The Balaban J connectivity index is 1.33. The average Bonchev–Trinajstić information content (AvgIpc) is 3.32. The number of carbonyl (C=O) groups excluding carboxylic acids is 1. The molecule has 188 valence electrons. The molecule has 1 N–H and O–H groups in total.